The summed E-state index contributed by atoms with van der Waals surface area (Å²) >= 11 is 0. The summed E-state index contributed by atoms with van der Waals surface area (Å²) in [6.07, 6.45) is 0. The summed E-state index contributed by atoms with van der Waals surface area (Å²) in [5.74, 6) is 0.875. The lowest BCUT2D eigenvalue weighted by molar-refractivity contribution is -0.203. The fraction of sp³-hybridized carbons (Fsp3) is 0.500. The molecule has 0 spiro atoms. The zero-order chi connectivity index (χ0) is 10.9. The normalized spacial score (nSPS) is 18.3. The molecule has 3 heteroatoms. The summed E-state index contributed by atoms with van der Waals surface area (Å²) in [4.78, 5) is 0. The first-order valence-corrected chi connectivity index (χ1v) is 5.00. The van der Waals surface area contributed by atoms with Crippen LogP contribution < -0.4 is 4.74 Å². The molecule has 1 aromatic carbocycles. The van der Waals surface area contributed by atoms with E-state index in [2.05, 4.69) is 12.1 Å². The molecule has 0 aliphatic carbocycles. The van der Waals surface area contributed by atoms with Crippen molar-refractivity contribution in [3.8, 4) is 5.75 Å². The van der Waals surface area contributed by atoms with Gasteiger partial charge in [-0.3, -0.25) is 0 Å². The summed E-state index contributed by atoms with van der Waals surface area (Å²) in [5.41, 5.74) is 1.95. The first-order valence-electron chi connectivity index (χ1n) is 5.00. The number of aryl methyl sites for hydroxylation is 1. The Bertz CT molecular complexity index is 350. The second kappa shape index (κ2) is 3.83. The van der Waals surface area contributed by atoms with E-state index in [0.717, 1.165) is 11.3 Å². The summed E-state index contributed by atoms with van der Waals surface area (Å²) in [5, 5.41) is 0. The number of methoxy groups -OCH3 is 2. The summed E-state index contributed by atoms with van der Waals surface area (Å²) < 4.78 is 16.1. The van der Waals surface area contributed by atoms with Crippen molar-refractivity contribution in [2.45, 2.75) is 12.5 Å². The van der Waals surface area contributed by atoms with Gasteiger partial charge >= 0.3 is 0 Å². The smallest absolute Gasteiger partial charge is 0.143 e. The molecule has 0 bridgehead atoms. The van der Waals surface area contributed by atoms with Crippen LogP contribution in [0.4, 0.5) is 0 Å². The molecule has 0 atom stereocenters. The molecule has 15 heavy (non-hydrogen) atoms. The first kappa shape index (κ1) is 10.5. The molecule has 82 valence electrons. The van der Waals surface area contributed by atoms with Crippen molar-refractivity contribution in [3.63, 3.8) is 0 Å². The Kier molecular flexibility index (Phi) is 2.67. The highest BCUT2D eigenvalue weighted by atomic mass is 16.6. The number of hydrogen-bond acceptors (Lipinski definition) is 3. The van der Waals surface area contributed by atoms with E-state index in [4.69, 9.17) is 14.2 Å². The molecule has 0 saturated carbocycles. The lowest BCUT2D eigenvalue weighted by Gasteiger charge is -2.41. The Morgan fingerprint density at radius 3 is 2.47 bits per heavy atom. The Morgan fingerprint density at radius 1 is 1.27 bits per heavy atom. The molecule has 1 fully saturated rings. The van der Waals surface area contributed by atoms with Crippen molar-refractivity contribution in [2.24, 2.45) is 0 Å². The third kappa shape index (κ3) is 1.62. The van der Waals surface area contributed by atoms with Crippen molar-refractivity contribution in [1.82, 2.24) is 0 Å². The van der Waals surface area contributed by atoms with Gasteiger partial charge in [-0.1, -0.05) is 12.1 Å². The van der Waals surface area contributed by atoms with Crippen LogP contribution in [0.5, 0.6) is 5.75 Å². The molecule has 0 amide bonds. The molecule has 0 aromatic heterocycles. The van der Waals surface area contributed by atoms with Crippen molar-refractivity contribution in [2.75, 3.05) is 27.4 Å². The Hall–Kier alpha value is -1.06. The summed E-state index contributed by atoms with van der Waals surface area (Å²) in [7, 11) is 3.39. The van der Waals surface area contributed by atoms with Gasteiger partial charge in [0.25, 0.3) is 0 Å². The van der Waals surface area contributed by atoms with Gasteiger partial charge in [-0.15, -0.1) is 0 Å². The number of hydrogen-bond donors (Lipinski definition) is 0. The van der Waals surface area contributed by atoms with Crippen molar-refractivity contribution in [3.05, 3.63) is 29.3 Å². The van der Waals surface area contributed by atoms with E-state index in [9.17, 15) is 0 Å². The highest BCUT2D eigenvalue weighted by Crippen LogP contribution is 2.38. The lowest BCUT2D eigenvalue weighted by atomic mass is 9.90. The Labute approximate surface area is 90.0 Å². The van der Waals surface area contributed by atoms with E-state index >= 15 is 0 Å². The van der Waals surface area contributed by atoms with Crippen LogP contribution in [0.15, 0.2) is 18.2 Å². The van der Waals surface area contributed by atoms with Crippen LogP contribution in [0.3, 0.4) is 0 Å². The van der Waals surface area contributed by atoms with Crippen LogP contribution in [-0.2, 0) is 15.1 Å². The molecular formula is C12H16O3. The van der Waals surface area contributed by atoms with Crippen LogP contribution in [0.1, 0.15) is 11.1 Å². The number of rotatable bonds is 3. The molecule has 1 aliphatic heterocycles. The zero-order valence-electron chi connectivity index (χ0n) is 9.37. The molecule has 2 rings (SSSR count). The quantitative estimate of drug-likeness (QED) is 0.759. The SMILES string of the molecule is COc1cc(C)ccc1C1(OC)COC1. The minimum atomic E-state index is -0.307. The van der Waals surface area contributed by atoms with Crippen LogP contribution in [0.2, 0.25) is 0 Å². The van der Waals surface area contributed by atoms with Crippen LogP contribution in [0.25, 0.3) is 0 Å². The van der Waals surface area contributed by atoms with Crippen LogP contribution >= 0.6 is 0 Å². The van der Waals surface area contributed by atoms with Crippen molar-refractivity contribution in [1.29, 1.82) is 0 Å². The van der Waals surface area contributed by atoms with Gasteiger partial charge in [0, 0.05) is 12.7 Å². The predicted molar refractivity (Wildman–Crippen MR) is 57.2 cm³/mol. The molecule has 0 radical (unpaired) electrons. The largest absolute Gasteiger partial charge is 0.496 e. The maximum atomic E-state index is 5.54. The van der Waals surface area contributed by atoms with Gasteiger partial charge in [-0.25, -0.2) is 0 Å². The third-order valence-corrected chi connectivity index (χ3v) is 2.91. The van der Waals surface area contributed by atoms with Crippen LogP contribution in [0, 0.1) is 6.92 Å². The molecule has 1 aromatic rings. The van der Waals surface area contributed by atoms with E-state index in [1.54, 1.807) is 14.2 Å². The number of ether oxygens (including phenoxy) is 3. The van der Waals surface area contributed by atoms with E-state index in [1.165, 1.54) is 5.56 Å². The van der Waals surface area contributed by atoms with E-state index in [1.807, 2.05) is 13.0 Å². The average molecular weight is 208 g/mol. The van der Waals surface area contributed by atoms with E-state index < -0.39 is 0 Å². The maximum absolute atomic E-state index is 5.54. The minimum absolute atomic E-state index is 0.307. The van der Waals surface area contributed by atoms with Crippen molar-refractivity contribution < 1.29 is 14.2 Å². The summed E-state index contributed by atoms with van der Waals surface area (Å²) in [6, 6.07) is 6.14. The van der Waals surface area contributed by atoms with Gasteiger partial charge < -0.3 is 14.2 Å². The van der Waals surface area contributed by atoms with Gasteiger partial charge in [0.1, 0.15) is 11.4 Å². The monoisotopic (exact) mass is 208 g/mol. The molecule has 1 aliphatic rings. The Morgan fingerprint density at radius 2 is 2.00 bits per heavy atom. The molecule has 1 heterocycles. The van der Waals surface area contributed by atoms with Gasteiger partial charge in [0.15, 0.2) is 0 Å². The summed E-state index contributed by atoms with van der Waals surface area (Å²) in [6.45, 7) is 3.24. The topological polar surface area (TPSA) is 27.7 Å². The zero-order valence-corrected chi connectivity index (χ0v) is 9.37. The molecule has 0 N–H and O–H groups in total. The highest BCUT2D eigenvalue weighted by molar-refractivity contribution is 5.42. The van der Waals surface area contributed by atoms with Gasteiger partial charge in [0.2, 0.25) is 0 Å². The number of benzene rings is 1. The van der Waals surface area contributed by atoms with Gasteiger partial charge in [-0.2, -0.15) is 0 Å². The standard InChI is InChI=1S/C12H16O3/c1-9-4-5-10(11(6-9)13-2)12(14-3)7-15-8-12/h4-6H,7-8H2,1-3H3. The van der Waals surface area contributed by atoms with Gasteiger partial charge in [-0.05, 0) is 18.6 Å². The van der Waals surface area contributed by atoms with E-state index in [-0.39, 0.29) is 5.60 Å². The van der Waals surface area contributed by atoms with E-state index in [0.29, 0.717) is 13.2 Å². The maximum Gasteiger partial charge on any atom is 0.143 e. The second-order valence-corrected chi connectivity index (χ2v) is 3.89. The molecule has 0 unspecified atom stereocenters. The molecular weight excluding hydrogens is 192 g/mol. The Balaban J connectivity index is 2.42. The average Bonchev–Trinajstić information content (AvgIpc) is 2.19. The highest BCUT2D eigenvalue weighted by Gasteiger charge is 2.42. The third-order valence-electron chi connectivity index (χ3n) is 2.91. The second-order valence-electron chi connectivity index (χ2n) is 3.89. The molecule has 1 saturated heterocycles. The first-order chi connectivity index (χ1) is 7.22. The van der Waals surface area contributed by atoms with Crippen molar-refractivity contribution >= 4 is 0 Å². The predicted octanol–water partition coefficient (Wildman–Crippen LogP) is 1.88. The minimum Gasteiger partial charge on any atom is -0.496 e. The lowest BCUT2D eigenvalue weighted by Crippen LogP contribution is -2.48. The fourth-order valence-electron chi connectivity index (χ4n) is 1.85. The van der Waals surface area contributed by atoms with Crippen LogP contribution in [-0.4, -0.2) is 27.4 Å². The molecule has 3 nitrogen and oxygen atoms in total. The fourth-order valence-corrected chi connectivity index (χ4v) is 1.85. The van der Waals surface area contributed by atoms with Gasteiger partial charge in [0.05, 0.1) is 20.3 Å².